The Bertz CT molecular complexity index is 715. The molecule has 2 atom stereocenters. The van der Waals surface area contributed by atoms with Crippen molar-refractivity contribution in [1.82, 2.24) is 0 Å². The molecule has 3 rings (SSSR count). The zero-order valence-corrected chi connectivity index (χ0v) is 17.1. The van der Waals surface area contributed by atoms with Gasteiger partial charge in [-0.3, -0.25) is 0 Å². The van der Waals surface area contributed by atoms with Crippen LogP contribution in [0.15, 0.2) is 48.2 Å². The standard InChI is InChI=1S/C22H30O3Si/c1-26(2,3)13-11-20(17-8-5-4-6-9-17)18-10-7-12-22(15-18)16-19(23)14-21(24)25-22/h4-6,8-9,11,14,18,23H,7,10,12-13,15-16H2,1-3H3/b20-11-. The fraction of sp³-hybridized carbons (Fsp3) is 0.500. The molecule has 0 bridgehead atoms. The Labute approximate surface area is 157 Å². The van der Waals surface area contributed by atoms with Gasteiger partial charge >= 0.3 is 5.97 Å². The highest BCUT2D eigenvalue weighted by atomic mass is 28.3. The third-order valence-electron chi connectivity index (χ3n) is 5.39. The van der Waals surface area contributed by atoms with Gasteiger partial charge < -0.3 is 9.84 Å². The Balaban J connectivity index is 1.89. The number of aliphatic hydroxyl groups excluding tert-OH is 1. The average Bonchev–Trinajstić information content (AvgIpc) is 2.54. The van der Waals surface area contributed by atoms with Crippen molar-refractivity contribution in [3.63, 3.8) is 0 Å². The molecule has 1 aliphatic carbocycles. The van der Waals surface area contributed by atoms with Gasteiger partial charge in [-0.25, -0.2) is 4.79 Å². The monoisotopic (exact) mass is 370 g/mol. The SMILES string of the molecule is C[Si](C)(C)C/C=C(/c1ccccc1)C1CCCC2(CC(O)=CC(=O)O2)C1. The number of esters is 1. The van der Waals surface area contributed by atoms with Gasteiger partial charge in [0.1, 0.15) is 11.4 Å². The fourth-order valence-electron chi connectivity index (χ4n) is 4.21. The van der Waals surface area contributed by atoms with E-state index in [9.17, 15) is 9.90 Å². The summed E-state index contributed by atoms with van der Waals surface area (Å²) in [5, 5.41) is 10.0. The number of carbonyl (C=O) groups excluding carboxylic acids is 1. The smallest absolute Gasteiger partial charge is 0.334 e. The van der Waals surface area contributed by atoms with E-state index in [2.05, 4.69) is 50.0 Å². The summed E-state index contributed by atoms with van der Waals surface area (Å²) in [6.07, 6.45) is 7.86. The van der Waals surface area contributed by atoms with E-state index in [1.807, 2.05) is 6.07 Å². The normalized spacial score (nSPS) is 27.2. The number of benzene rings is 1. The third kappa shape index (κ3) is 4.67. The van der Waals surface area contributed by atoms with Crippen LogP contribution >= 0.6 is 0 Å². The molecule has 1 aliphatic heterocycles. The summed E-state index contributed by atoms with van der Waals surface area (Å²) in [5.41, 5.74) is 2.12. The zero-order valence-electron chi connectivity index (χ0n) is 16.1. The Morgan fingerprint density at radius 2 is 2.04 bits per heavy atom. The molecule has 3 nitrogen and oxygen atoms in total. The Kier molecular flexibility index (Phi) is 5.42. The largest absolute Gasteiger partial charge is 0.512 e. The average molecular weight is 371 g/mol. The van der Waals surface area contributed by atoms with Gasteiger partial charge in [0.15, 0.2) is 0 Å². The molecule has 0 amide bonds. The zero-order chi connectivity index (χ0) is 18.8. The van der Waals surface area contributed by atoms with E-state index >= 15 is 0 Å². The molecular weight excluding hydrogens is 340 g/mol. The molecule has 2 unspecified atom stereocenters. The van der Waals surface area contributed by atoms with Crippen molar-refractivity contribution < 1.29 is 14.6 Å². The van der Waals surface area contributed by atoms with Crippen LogP contribution < -0.4 is 0 Å². The van der Waals surface area contributed by atoms with Crippen LogP contribution in [-0.2, 0) is 9.53 Å². The van der Waals surface area contributed by atoms with Gasteiger partial charge in [-0.2, -0.15) is 0 Å². The molecule has 1 spiro atoms. The highest BCUT2D eigenvalue weighted by molar-refractivity contribution is 6.76. The second kappa shape index (κ2) is 7.43. The molecule has 1 N–H and O–H groups in total. The van der Waals surface area contributed by atoms with Crippen LogP contribution in [0.25, 0.3) is 5.57 Å². The van der Waals surface area contributed by atoms with Crippen molar-refractivity contribution in [2.45, 2.75) is 63.4 Å². The molecule has 26 heavy (non-hydrogen) atoms. The maximum atomic E-state index is 11.9. The molecule has 1 heterocycles. The third-order valence-corrected chi connectivity index (χ3v) is 6.82. The van der Waals surface area contributed by atoms with Crippen LogP contribution in [0.2, 0.25) is 25.7 Å². The van der Waals surface area contributed by atoms with Crippen LogP contribution in [-0.4, -0.2) is 24.8 Å². The second-order valence-electron chi connectivity index (χ2n) is 9.00. The van der Waals surface area contributed by atoms with Crippen LogP contribution in [0.5, 0.6) is 0 Å². The van der Waals surface area contributed by atoms with Crippen LogP contribution in [0.4, 0.5) is 0 Å². The van der Waals surface area contributed by atoms with Crippen molar-refractivity contribution in [1.29, 1.82) is 0 Å². The van der Waals surface area contributed by atoms with Gasteiger partial charge in [0.2, 0.25) is 0 Å². The van der Waals surface area contributed by atoms with Gasteiger partial charge in [-0.1, -0.05) is 56.0 Å². The Morgan fingerprint density at radius 1 is 1.31 bits per heavy atom. The highest BCUT2D eigenvalue weighted by Crippen LogP contribution is 2.46. The first-order chi connectivity index (χ1) is 12.3. The van der Waals surface area contributed by atoms with Gasteiger partial charge in [0, 0.05) is 14.5 Å². The van der Waals surface area contributed by atoms with Crippen LogP contribution in [0, 0.1) is 5.92 Å². The summed E-state index contributed by atoms with van der Waals surface area (Å²) in [7, 11) is -1.20. The minimum atomic E-state index is -1.20. The number of carbonyl (C=O) groups is 1. The highest BCUT2D eigenvalue weighted by Gasteiger charge is 2.43. The number of allylic oxidation sites excluding steroid dienone is 2. The summed E-state index contributed by atoms with van der Waals surface area (Å²) in [6, 6.07) is 11.7. The van der Waals surface area contributed by atoms with Crippen LogP contribution in [0.1, 0.15) is 37.7 Å². The minimum Gasteiger partial charge on any atom is -0.512 e. The molecule has 0 saturated heterocycles. The van der Waals surface area contributed by atoms with E-state index in [4.69, 9.17) is 4.74 Å². The molecule has 0 radical (unpaired) electrons. The van der Waals surface area contributed by atoms with E-state index in [0.29, 0.717) is 12.3 Å². The van der Waals surface area contributed by atoms with Crippen molar-refractivity contribution in [2.75, 3.05) is 0 Å². The fourth-order valence-corrected chi connectivity index (χ4v) is 5.04. The topological polar surface area (TPSA) is 46.5 Å². The van der Waals surface area contributed by atoms with Crippen molar-refractivity contribution in [3.8, 4) is 0 Å². The lowest BCUT2D eigenvalue weighted by Gasteiger charge is -2.42. The lowest BCUT2D eigenvalue weighted by molar-refractivity contribution is -0.161. The van der Waals surface area contributed by atoms with Gasteiger partial charge in [0.05, 0.1) is 6.08 Å². The summed E-state index contributed by atoms with van der Waals surface area (Å²) >= 11 is 0. The summed E-state index contributed by atoms with van der Waals surface area (Å²) < 4.78 is 5.75. The molecule has 1 aromatic rings. The Morgan fingerprint density at radius 3 is 2.69 bits per heavy atom. The van der Waals surface area contributed by atoms with E-state index in [1.165, 1.54) is 17.2 Å². The molecule has 2 aliphatic rings. The molecule has 0 aromatic heterocycles. The van der Waals surface area contributed by atoms with E-state index < -0.39 is 19.6 Å². The molecule has 1 fully saturated rings. The molecule has 1 saturated carbocycles. The number of hydrogen-bond acceptors (Lipinski definition) is 3. The first kappa shape index (κ1) is 19.0. The lowest BCUT2D eigenvalue weighted by Crippen LogP contribution is -2.42. The molecule has 140 valence electrons. The molecular formula is C22H30O3Si. The van der Waals surface area contributed by atoms with Gasteiger partial charge in [0.25, 0.3) is 0 Å². The van der Waals surface area contributed by atoms with Crippen LogP contribution in [0.3, 0.4) is 0 Å². The maximum Gasteiger partial charge on any atom is 0.334 e. The maximum absolute atomic E-state index is 11.9. The summed E-state index contributed by atoms with van der Waals surface area (Å²) in [5.74, 6) is 0.122. The molecule has 4 heteroatoms. The quantitative estimate of drug-likeness (QED) is 0.544. The van der Waals surface area contributed by atoms with E-state index in [0.717, 1.165) is 31.7 Å². The minimum absolute atomic E-state index is 0.161. The summed E-state index contributed by atoms with van der Waals surface area (Å²) in [4.78, 5) is 11.9. The number of aliphatic hydroxyl groups is 1. The van der Waals surface area contributed by atoms with E-state index in [-0.39, 0.29) is 5.76 Å². The predicted octanol–water partition coefficient (Wildman–Crippen LogP) is 5.73. The number of hydrogen-bond donors (Lipinski definition) is 1. The van der Waals surface area contributed by atoms with E-state index in [1.54, 1.807) is 0 Å². The van der Waals surface area contributed by atoms with Crippen molar-refractivity contribution in [3.05, 3.63) is 53.8 Å². The first-order valence-electron chi connectivity index (χ1n) is 9.64. The van der Waals surface area contributed by atoms with Crippen molar-refractivity contribution in [2.24, 2.45) is 5.92 Å². The first-order valence-corrected chi connectivity index (χ1v) is 13.4. The summed E-state index contributed by atoms with van der Waals surface area (Å²) in [6.45, 7) is 7.17. The lowest BCUT2D eigenvalue weighted by atomic mass is 9.71. The van der Waals surface area contributed by atoms with Crippen molar-refractivity contribution >= 4 is 19.6 Å². The second-order valence-corrected chi connectivity index (χ2v) is 14.5. The van der Waals surface area contributed by atoms with Gasteiger partial charge in [-0.15, -0.1) is 0 Å². The van der Waals surface area contributed by atoms with Gasteiger partial charge in [-0.05, 0) is 48.8 Å². The number of rotatable bonds is 4. The predicted molar refractivity (Wildman–Crippen MR) is 109 cm³/mol. The molecule has 1 aromatic carbocycles. The Hall–Kier alpha value is -1.81. The number of ether oxygens (including phenoxy) is 1.